The molecule has 5 nitrogen and oxygen atoms in total. The molecule has 106 valence electrons. The first-order chi connectivity index (χ1) is 8.43. The summed E-state index contributed by atoms with van der Waals surface area (Å²) in [5.41, 5.74) is 0. The highest BCUT2D eigenvalue weighted by Gasteiger charge is 2.22. The van der Waals surface area contributed by atoms with Crippen molar-refractivity contribution < 1.29 is 14.7 Å². The number of carbonyl (C=O) groups excluding carboxylic acids is 1. The van der Waals surface area contributed by atoms with Crippen LogP contribution < -0.4 is 5.32 Å². The van der Waals surface area contributed by atoms with Crippen LogP contribution in [0.1, 0.15) is 33.1 Å². The number of thioether (sulfide) groups is 1. The Kier molecular flexibility index (Phi) is 8.62. The van der Waals surface area contributed by atoms with E-state index >= 15 is 0 Å². The standard InChI is InChI=1S/C12H24N2O3S/c1-5-6-9(2)14(3)12(17)13-10(11(15)16)7-8-18-4/h9-10H,5-8H2,1-4H3,(H,13,17)(H,15,16)/t9?,10-/m0/s1. The van der Waals surface area contributed by atoms with Crippen molar-refractivity contribution in [2.24, 2.45) is 0 Å². The molecule has 0 bridgehead atoms. The lowest BCUT2D eigenvalue weighted by atomic mass is 10.2. The summed E-state index contributed by atoms with van der Waals surface area (Å²) in [5, 5.41) is 11.6. The van der Waals surface area contributed by atoms with Crippen LogP contribution in [-0.2, 0) is 4.79 Å². The highest BCUT2D eigenvalue weighted by atomic mass is 32.2. The number of rotatable bonds is 8. The van der Waals surface area contributed by atoms with Crippen molar-refractivity contribution in [2.45, 2.75) is 45.2 Å². The first-order valence-electron chi connectivity index (χ1n) is 6.19. The largest absolute Gasteiger partial charge is 0.480 e. The quantitative estimate of drug-likeness (QED) is 0.711. The second-order valence-electron chi connectivity index (χ2n) is 4.37. The van der Waals surface area contributed by atoms with E-state index in [1.807, 2.05) is 13.2 Å². The summed E-state index contributed by atoms with van der Waals surface area (Å²) in [6, 6.07) is -1.00. The molecule has 0 aliphatic rings. The number of amides is 2. The van der Waals surface area contributed by atoms with E-state index in [4.69, 9.17) is 5.11 Å². The third kappa shape index (κ3) is 6.14. The average molecular weight is 276 g/mol. The van der Waals surface area contributed by atoms with Crippen LogP contribution in [0.25, 0.3) is 0 Å². The lowest BCUT2D eigenvalue weighted by Gasteiger charge is -2.26. The summed E-state index contributed by atoms with van der Waals surface area (Å²) in [6.07, 6.45) is 4.26. The van der Waals surface area contributed by atoms with Gasteiger partial charge in [0, 0.05) is 13.1 Å². The molecule has 6 heteroatoms. The van der Waals surface area contributed by atoms with Crippen molar-refractivity contribution in [3.8, 4) is 0 Å². The zero-order valence-electron chi connectivity index (χ0n) is 11.6. The van der Waals surface area contributed by atoms with Crippen LogP contribution in [0.2, 0.25) is 0 Å². The second kappa shape index (κ2) is 9.08. The Bertz CT molecular complexity index is 274. The van der Waals surface area contributed by atoms with Gasteiger partial charge in [-0.2, -0.15) is 11.8 Å². The number of nitrogens with zero attached hydrogens (tertiary/aromatic N) is 1. The molecule has 0 heterocycles. The monoisotopic (exact) mass is 276 g/mol. The molecule has 0 saturated heterocycles. The van der Waals surface area contributed by atoms with Gasteiger partial charge in [-0.1, -0.05) is 13.3 Å². The summed E-state index contributed by atoms with van der Waals surface area (Å²) in [7, 11) is 1.70. The minimum absolute atomic E-state index is 0.116. The first kappa shape index (κ1) is 17.1. The van der Waals surface area contributed by atoms with E-state index < -0.39 is 12.0 Å². The van der Waals surface area contributed by atoms with E-state index in [1.54, 1.807) is 23.7 Å². The van der Waals surface area contributed by atoms with Crippen molar-refractivity contribution in [3.63, 3.8) is 0 Å². The van der Waals surface area contributed by atoms with E-state index in [1.165, 1.54) is 0 Å². The van der Waals surface area contributed by atoms with Gasteiger partial charge in [-0.25, -0.2) is 9.59 Å². The molecule has 0 aromatic carbocycles. The predicted molar refractivity (Wildman–Crippen MR) is 75.1 cm³/mol. The van der Waals surface area contributed by atoms with Gasteiger partial charge in [0.1, 0.15) is 6.04 Å². The average Bonchev–Trinajstić information content (AvgIpc) is 2.33. The fourth-order valence-corrected chi connectivity index (χ4v) is 2.03. The Hall–Kier alpha value is -0.910. The number of carbonyl (C=O) groups is 2. The molecule has 2 amide bonds. The zero-order valence-corrected chi connectivity index (χ0v) is 12.4. The normalized spacial score (nSPS) is 13.8. The van der Waals surface area contributed by atoms with Gasteiger partial charge in [0.05, 0.1) is 0 Å². The number of nitrogens with one attached hydrogen (secondary N) is 1. The lowest BCUT2D eigenvalue weighted by Crippen LogP contribution is -2.49. The molecule has 0 saturated carbocycles. The summed E-state index contributed by atoms with van der Waals surface area (Å²) in [4.78, 5) is 24.5. The van der Waals surface area contributed by atoms with Crippen molar-refractivity contribution >= 4 is 23.8 Å². The third-order valence-corrected chi connectivity index (χ3v) is 3.54. The van der Waals surface area contributed by atoms with Gasteiger partial charge in [0.15, 0.2) is 0 Å². The molecule has 0 aliphatic heterocycles. The highest BCUT2D eigenvalue weighted by Crippen LogP contribution is 2.06. The molecule has 0 spiro atoms. The van der Waals surface area contributed by atoms with Gasteiger partial charge in [0.2, 0.25) is 0 Å². The SMILES string of the molecule is CCCC(C)N(C)C(=O)N[C@@H](CCSC)C(=O)O. The van der Waals surface area contributed by atoms with E-state index in [0.29, 0.717) is 12.2 Å². The Morgan fingerprint density at radius 2 is 2.00 bits per heavy atom. The van der Waals surface area contributed by atoms with E-state index in [9.17, 15) is 9.59 Å². The van der Waals surface area contributed by atoms with Crippen molar-refractivity contribution in [3.05, 3.63) is 0 Å². The van der Waals surface area contributed by atoms with E-state index in [0.717, 1.165) is 12.8 Å². The van der Waals surface area contributed by atoms with Gasteiger partial charge in [-0.15, -0.1) is 0 Å². The topological polar surface area (TPSA) is 69.6 Å². The van der Waals surface area contributed by atoms with Gasteiger partial charge in [-0.3, -0.25) is 0 Å². The molecule has 18 heavy (non-hydrogen) atoms. The van der Waals surface area contributed by atoms with Gasteiger partial charge < -0.3 is 15.3 Å². The zero-order chi connectivity index (χ0) is 14.1. The fourth-order valence-electron chi connectivity index (χ4n) is 1.56. The van der Waals surface area contributed by atoms with E-state index in [2.05, 4.69) is 12.2 Å². The van der Waals surface area contributed by atoms with E-state index in [-0.39, 0.29) is 12.1 Å². The van der Waals surface area contributed by atoms with Crippen molar-refractivity contribution in [2.75, 3.05) is 19.1 Å². The molecule has 1 unspecified atom stereocenters. The summed E-state index contributed by atoms with van der Waals surface area (Å²) >= 11 is 1.57. The minimum atomic E-state index is -0.978. The van der Waals surface area contributed by atoms with Crippen molar-refractivity contribution in [1.29, 1.82) is 0 Å². The third-order valence-electron chi connectivity index (χ3n) is 2.89. The number of carboxylic acid groups (broad SMARTS) is 1. The molecule has 0 aliphatic carbocycles. The Balaban J connectivity index is 4.35. The van der Waals surface area contributed by atoms with Gasteiger partial charge in [0.25, 0.3) is 0 Å². The van der Waals surface area contributed by atoms with Crippen LogP contribution in [0, 0.1) is 0 Å². The minimum Gasteiger partial charge on any atom is -0.480 e. The highest BCUT2D eigenvalue weighted by molar-refractivity contribution is 7.98. The molecule has 0 rings (SSSR count). The number of urea groups is 1. The van der Waals surface area contributed by atoms with Crippen LogP contribution in [-0.4, -0.2) is 53.1 Å². The van der Waals surface area contributed by atoms with Crippen LogP contribution in [0.15, 0.2) is 0 Å². The van der Waals surface area contributed by atoms with Gasteiger partial charge >= 0.3 is 12.0 Å². The predicted octanol–water partition coefficient (Wildman–Crippen LogP) is 2.02. The summed E-state index contributed by atoms with van der Waals surface area (Å²) < 4.78 is 0. The number of hydrogen-bond donors (Lipinski definition) is 2. The Morgan fingerprint density at radius 1 is 1.39 bits per heavy atom. The van der Waals surface area contributed by atoms with Crippen LogP contribution in [0.5, 0.6) is 0 Å². The number of hydrogen-bond acceptors (Lipinski definition) is 3. The molecule has 0 radical (unpaired) electrons. The number of aliphatic carboxylic acids is 1. The molecule has 0 aromatic heterocycles. The molecule has 2 atom stereocenters. The first-order valence-corrected chi connectivity index (χ1v) is 7.58. The summed E-state index contributed by atoms with van der Waals surface area (Å²) in [5.74, 6) is -0.264. The fraction of sp³-hybridized carbons (Fsp3) is 0.833. The molecule has 2 N–H and O–H groups in total. The summed E-state index contributed by atoms with van der Waals surface area (Å²) in [6.45, 7) is 4.02. The second-order valence-corrected chi connectivity index (χ2v) is 5.36. The van der Waals surface area contributed by atoms with Gasteiger partial charge in [-0.05, 0) is 31.8 Å². The Morgan fingerprint density at radius 3 is 2.44 bits per heavy atom. The molecule has 0 fully saturated rings. The van der Waals surface area contributed by atoms with Crippen LogP contribution in [0.4, 0.5) is 4.79 Å². The Labute approximate surface area is 113 Å². The van der Waals surface area contributed by atoms with Crippen LogP contribution >= 0.6 is 11.8 Å². The number of carboxylic acids is 1. The molecular weight excluding hydrogens is 252 g/mol. The lowest BCUT2D eigenvalue weighted by molar-refractivity contribution is -0.139. The maximum Gasteiger partial charge on any atom is 0.326 e. The van der Waals surface area contributed by atoms with Crippen molar-refractivity contribution in [1.82, 2.24) is 10.2 Å². The van der Waals surface area contributed by atoms with Crippen LogP contribution in [0.3, 0.4) is 0 Å². The maximum absolute atomic E-state index is 11.9. The molecule has 0 aromatic rings. The maximum atomic E-state index is 11.9. The molecular formula is C12H24N2O3S. The smallest absolute Gasteiger partial charge is 0.326 e.